The molecule has 1 fully saturated rings. The highest BCUT2D eigenvalue weighted by atomic mass is 127. The van der Waals surface area contributed by atoms with E-state index in [4.69, 9.17) is 9.47 Å². The van der Waals surface area contributed by atoms with E-state index < -0.39 is 0 Å². The summed E-state index contributed by atoms with van der Waals surface area (Å²) in [7, 11) is 1.75. The average Bonchev–Trinajstić information content (AvgIpc) is 2.30. The van der Waals surface area contributed by atoms with Crippen molar-refractivity contribution in [3.05, 3.63) is 27.8 Å². The minimum atomic E-state index is 0.158. The summed E-state index contributed by atoms with van der Waals surface area (Å²) < 4.78 is 12.3. The smallest absolute Gasteiger partial charge is 0.103 e. The number of ether oxygens (including phenoxy) is 2. The monoisotopic (exact) mass is 347 g/mol. The van der Waals surface area contributed by atoms with Crippen molar-refractivity contribution in [1.29, 1.82) is 0 Å². The van der Waals surface area contributed by atoms with Crippen molar-refractivity contribution in [3.8, 4) is 0 Å². The van der Waals surface area contributed by atoms with Crippen LogP contribution in [0, 0.1) is 3.57 Å². The lowest BCUT2D eigenvalue weighted by Crippen LogP contribution is -2.56. The molecular weight excluding hydrogens is 329 g/mol. The van der Waals surface area contributed by atoms with Gasteiger partial charge in [-0.15, -0.1) is 0 Å². The molecule has 0 heterocycles. The van der Waals surface area contributed by atoms with Crippen molar-refractivity contribution in [2.45, 2.75) is 31.6 Å². The van der Waals surface area contributed by atoms with Gasteiger partial charge in [-0.1, -0.05) is 12.1 Å². The summed E-state index contributed by atoms with van der Waals surface area (Å²) >= 11 is 2.34. The Balaban J connectivity index is 1.95. The number of nitrogens with one attached hydrogen (secondary N) is 1. The van der Waals surface area contributed by atoms with Gasteiger partial charge in [0, 0.05) is 23.0 Å². The molecule has 1 aliphatic carbocycles. The number of rotatable bonds is 5. The van der Waals surface area contributed by atoms with Crippen LogP contribution >= 0.6 is 22.6 Å². The molecule has 0 aromatic heterocycles. The Hall–Kier alpha value is -0.330. The summed E-state index contributed by atoms with van der Waals surface area (Å²) in [6.45, 7) is 2.77. The number of anilines is 1. The number of hydrogen-bond donors (Lipinski definition) is 1. The zero-order chi connectivity index (χ0) is 12.3. The van der Waals surface area contributed by atoms with Gasteiger partial charge in [0.05, 0.1) is 12.1 Å². The fourth-order valence-electron chi connectivity index (χ4n) is 2.19. The van der Waals surface area contributed by atoms with Crippen molar-refractivity contribution >= 4 is 28.3 Å². The SMILES string of the molecule is CCOC1CC(Nc2ccccc2I)C1OC. The maximum absolute atomic E-state index is 5.61. The molecule has 3 unspecified atom stereocenters. The number of para-hydroxylation sites is 1. The van der Waals surface area contributed by atoms with Gasteiger partial charge in [0.25, 0.3) is 0 Å². The largest absolute Gasteiger partial charge is 0.379 e. The van der Waals surface area contributed by atoms with Gasteiger partial charge >= 0.3 is 0 Å². The zero-order valence-electron chi connectivity index (χ0n) is 10.2. The number of methoxy groups -OCH3 is 1. The summed E-state index contributed by atoms with van der Waals surface area (Å²) in [5, 5.41) is 3.52. The van der Waals surface area contributed by atoms with E-state index in [1.165, 1.54) is 9.26 Å². The first-order valence-corrected chi connectivity index (χ1v) is 6.99. The molecule has 1 saturated carbocycles. The first kappa shape index (κ1) is 13.1. The van der Waals surface area contributed by atoms with Crippen LogP contribution in [0.25, 0.3) is 0 Å². The van der Waals surface area contributed by atoms with Crippen molar-refractivity contribution in [2.24, 2.45) is 0 Å². The normalized spacial score (nSPS) is 27.6. The Morgan fingerprint density at radius 2 is 2.18 bits per heavy atom. The van der Waals surface area contributed by atoms with E-state index >= 15 is 0 Å². The fourth-order valence-corrected chi connectivity index (χ4v) is 2.74. The zero-order valence-corrected chi connectivity index (χ0v) is 12.3. The first-order valence-electron chi connectivity index (χ1n) is 5.91. The van der Waals surface area contributed by atoms with E-state index in [-0.39, 0.29) is 12.2 Å². The van der Waals surface area contributed by atoms with Gasteiger partial charge in [-0.05, 0) is 48.1 Å². The molecule has 0 bridgehead atoms. The molecule has 3 atom stereocenters. The molecule has 0 amide bonds. The first-order chi connectivity index (χ1) is 8.26. The Morgan fingerprint density at radius 3 is 2.82 bits per heavy atom. The lowest BCUT2D eigenvalue weighted by Gasteiger charge is -2.43. The number of benzene rings is 1. The maximum atomic E-state index is 5.61. The molecule has 1 aliphatic rings. The van der Waals surface area contributed by atoms with Crippen LogP contribution in [0.15, 0.2) is 24.3 Å². The quantitative estimate of drug-likeness (QED) is 0.831. The Kier molecular flexibility index (Phi) is 4.64. The second kappa shape index (κ2) is 6.02. The highest BCUT2D eigenvalue weighted by molar-refractivity contribution is 14.1. The van der Waals surface area contributed by atoms with Crippen LogP contribution in [0.4, 0.5) is 5.69 Å². The van der Waals surface area contributed by atoms with Crippen LogP contribution in [0.1, 0.15) is 13.3 Å². The Labute approximate surface area is 116 Å². The lowest BCUT2D eigenvalue weighted by atomic mass is 9.85. The van der Waals surface area contributed by atoms with Gasteiger partial charge in [-0.2, -0.15) is 0 Å². The van der Waals surface area contributed by atoms with Crippen molar-refractivity contribution in [1.82, 2.24) is 0 Å². The average molecular weight is 347 g/mol. The molecule has 1 aromatic carbocycles. The van der Waals surface area contributed by atoms with Crippen molar-refractivity contribution in [3.63, 3.8) is 0 Å². The molecule has 4 heteroatoms. The van der Waals surface area contributed by atoms with Gasteiger partial charge in [-0.3, -0.25) is 0 Å². The molecule has 2 rings (SSSR count). The molecule has 0 saturated heterocycles. The van der Waals surface area contributed by atoms with Crippen LogP contribution in [0.5, 0.6) is 0 Å². The fraction of sp³-hybridized carbons (Fsp3) is 0.538. The highest BCUT2D eigenvalue weighted by Crippen LogP contribution is 2.31. The second-order valence-electron chi connectivity index (χ2n) is 4.16. The van der Waals surface area contributed by atoms with Gasteiger partial charge in [-0.25, -0.2) is 0 Å². The minimum Gasteiger partial charge on any atom is -0.379 e. The highest BCUT2D eigenvalue weighted by Gasteiger charge is 2.42. The molecule has 0 radical (unpaired) electrons. The van der Waals surface area contributed by atoms with Crippen molar-refractivity contribution in [2.75, 3.05) is 19.0 Å². The Bertz CT molecular complexity index is 372. The molecule has 0 aliphatic heterocycles. The summed E-state index contributed by atoms with van der Waals surface area (Å²) in [6.07, 6.45) is 1.41. The van der Waals surface area contributed by atoms with Gasteiger partial charge in [0.15, 0.2) is 0 Å². The van der Waals surface area contributed by atoms with Crippen LogP contribution < -0.4 is 5.32 Å². The second-order valence-corrected chi connectivity index (χ2v) is 5.32. The van der Waals surface area contributed by atoms with Crippen LogP contribution in [0.2, 0.25) is 0 Å². The Morgan fingerprint density at radius 1 is 1.41 bits per heavy atom. The van der Waals surface area contributed by atoms with Gasteiger partial charge in [0.1, 0.15) is 6.10 Å². The van der Waals surface area contributed by atoms with Crippen LogP contribution in [0.3, 0.4) is 0 Å². The van der Waals surface area contributed by atoms with E-state index in [0.29, 0.717) is 6.04 Å². The summed E-state index contributed by atoms with van der Waals surface area (Å²) in [4.78, 5) is 0. The number of hydrogen-bond acceptors (Lipinski definition) is 3. The van der Waals surface area contributed by atoms with E-state index in [0.717, 1.165) is 13.0 Å². The molecule has 1 aromatic rings. The van der Waals surface area contributed by atoms with E-state index in [1.54, 1.807) is 7.11 Å². The van der Waals surface area contributed by atoms with Crippen LogP contribution in [-0.4, -0.2) is 32.0 Å². The van der Waals surface area contributed by atoms with E-state index in [9.17, 15) is 0 Å². The molecular formula is C13H18INO2. The summed E-state index contributed by atoms with van der Waals surface area (Å²) in [6, 6.07) is 8.65. The predicted octanol–water partition coefficient (Wildman–Crippen LogP) is 2.90. The lowest BCUT2D eigenvalue weighted by molar-refractivity contribution is -0.118. The molecule has 0 spiro atoms. The molecule has 1 N–H and O–H groups in total. The van der Waals surface area contributed by atoms with E-state index in [2.05, 4.69) is 40.0 Å². The van der Waals surface area contributed by atoms with Crippen molar-refractivity contribution < 1.29 is 9.47 Å². The van der Waals surface area contributed by atoms with Gasteiger partial charge < -0.3 is 14.8 Å². The van der Waals surface area contributed by atoms with Gasteiger partial charge in [0.2, 0.25) is 0 Å². The third-order valence-corrected chi connectivity index (χ3v) is 4.06. The molecule has 17 heavy (non-hydrogen) atoms. The third-order valence-electron chi connectivity index (χ3n) is 3.12. The predicted molar refractivity (Wildman–Crippen MR) is 77.4 cm³/mol. The molecule has 3 nitrogen and oxygen atoms in total. The third kappa shape index (κ3) is 2.92. The summed E-state index contributed by atoms with van der Waals surface area (Å²) in [5.74, 6) is 0. The topological polar surface area (TPSA) is 30.5 Å². The number of halogens is 1. The minimum absolute atomic E-state index is 0.158. The van der Waals surface area contributed by atoms with E-state index in [1.807, 2.05) is 19.1 Å². The molecule has 94 valence electrons. The van der Waals surface area contributed by atoms with Crippen LogP contribution in [-0.2, 0) is 9.47 Å². The maximum Gasteiger partial charge on any atom is 0.103 e. The summed E-state index contributed by atoms with van der Waals surface area (Å²) in [5.41, 5.74) is 1.18. The standard InChI is InChI=1S/C13H18INO2/c1-3-17-12-8-11(13(12)16-2)15-10-7-5-4-6-9(10)14/h4-7,11-13,15H,3,8H2,1-2H3.